The number of likely N-dealkylation sites (tertiary alicyclic amines) is 1. The average Bonchev–Trinajstić information content (AvgIpc) is 2.87. The second-order valence-corrected chi connectivity index (χ2v) is 3.79. The molecule has 1 aromatic heterocycles. The predicted octanol–water partition coefficient (Wildman–Crippen LogP) is 1.07. The van der Waals surface area contributed by atoms with Gasteiger partial charge in [0.15, 0.2) is 0 Å². The van der Waals surface area contributed by atoms with Crippen molar-refractivity contribution in [2.24, 2.45) is 11.0 Å². The fraction of sp³-hybridized carbons (Fsp3) is 0.556. The number of H-pyrrole nitrogens is 1. The predicted molar refractivity (Wildman–Crippen MR) is 56.1 cm³/mol. The lowest BCUT2D eigenvalue weighted by atomic mass is 10.1. The van der Waals surface area contributed by atoms with E-state index < -0.39 is 0 Å². The molecule has 7 heteroatoms. The monoisotopic (exact) mass is 220 g/mol. The molecule has 0 saturated carbocycles. The Labute approximate surface area is 92.1 Å². The first kappa shape index (κ1) is 10.5. The maximum absolute atomic E-state index is 11.6. The van der Waals surface area contributed by atoms with Crippen molar-refractivity contribution in [3.63, 3.8) is 0 Å². The van der Waals surface area contributed by atoms with E-state index in [4.69, 9.17) is 5.53 Å². The highest BCUT2D eigenvalue weighted by Gasteiger charge is 2.29. The van der Waals surface area contributed by atoms with E-state index in [1.54, 1.807) is 17.3 Å². The summed E-state index contributed by atoms with van der Waals surface area (Å²) in [6, 6.07) is 0. The molecule has 84 valence electrons. The first-order valence-electron chi connectivity index (χ1n) is 5.06. The van der Waals surface area contributed by atoms with Crippen LogP contribution in [0, 0.1) is 5.92 Å². The zero-order chi connectivity index (χ0) is 11.4. The van der Waals surface area contributed by atoms with Crippen molar-refractivity contribution in [1.29, 1.82) is 0 Å². The lowest BCUT2D eigenvalue weighted by Gasteiger charge is -2.14. The molecule has 16 heavy (non-hydrogen) atoms. The van der Waals surface area contributed by atoms with Crippen LogP contribution in [-0.2, 0) is 11.3 Å². The number of aromatic amines is 1. The Morgan fingerprint density at radius 2 is 2.62 bits per heavy atom. The lowest BCUT2D eigenvalue weighted by Crippen LogP contribution is -2.25. The maximum atomic E-state index is 11.6. The Bertz CT molecular complexity index is 408. The molecule has 1 atom stereocenters. The lowest BCUT2D eigenvalue weighted by molar-refractivity contribution is -0.128. The van der Waals surface area contributed by atoms with Crippen molar-refractivity contribution in [2.45, 2.75) is 13.0 Å². The number of amides is 1. The van der Waals surface area contributed by atoms with E-state index in [2.05, 4.69) is 20.0 Å². The SMILES string of the molecule is [N-]=[N+]=NCC1CC(=O)N(Cc2ncc[nH]2)C1. The van der Waals surface area contributed by atoms with E-state index >= 15 is 0 Å². The van der Waals surface area contributed by atoms with Crippen LogP contribution >= 0.6 is 0 Å². The van der Waals surface area contributed by atoms with Crippen molar-refractivity contribution in [1.82, 2.24) is 14.9 Å². The van der Waals surface area contributed by atoms with E-state index in [-0.39, 0.29) is 11.8 Å². The van der Waals surface area contributed by atoms with Gasteiger partial charge in [0.1, 0.15) is 5.82 Å². The average molecular weight is 220 g/mol. The van der Waals surface area contributed by atoms with Gasteiger partial charge in [-0.2, -0.15) is 0 Å². The molecule has 0 bridgehead atoms. The number of carbonyl (C=O) groups is 1. The third kappa shape index (κ3) is 2.32. The molecule has 0 spiro atoms. The number of azide groups is 1. The van der Waals surface area contributed by atoms with Crippen molar-refractivity contribution in [2.75, 3.05) is 13.1 Å². The van der Waals surface area contributed by atoms with Gasteiger partial charge in [-0.15, -0.1) is 0 Å². The van der Waals surface area contributed by atoms with E-state index in [0.29, 0.717) is 26.1 Å². The van der Waals surface area contributed by atoms with Gasteiger partial charge in [-0.3, -0.25) is 4.79 Å². The summed E-state index contributed by atoms with van der Waals surface area (Å²) in [6.45, 7) is 1.52. The second kappa shape index (κ2) is 4.67. The molecule has 2 heterocycles. The fourth-order valence-electron chi connectivity index (χ4n) is 1.85. The van der Waals surface area contributed by atoms with Crippen LogP contribution in [0.5, 0.6) is 0 Å². The minimum atomic E-state index is 0.0922. The number of carbonyl (C=O) groups excluding carboxylic acids is 1. The van der Waals surface area contributed by atoms with Gasteiger partial charge in [-0.25, -0.2) is 4.98 Å². The third-order valence-electron chi connectivity index (χ3n) is 2.59. The normalized spacial score (nSPS) is 19.9. The number of hydrogen-bond acceptors (Lipinski definition) is 3. The van der Waals surface area contributed by atoms with Crippen molar-refractivity contribution < 1.29 is 4.79 Å². The number of rotatable bonds is 4. The molecule has 1 unspecified atom stereocenters. The third-order valence-corrected chi connectivity index (χ3v) is 2.59. The first-order valence-corrected chi connectivity index (χ1v) is 5.06. The van der Waals surface area contributed by atoms with E-state index in [1.807, 2.05) is 0 Å². The molecular formula is C9H12N6O. The Morgan fingerprint density at radius 3 is 3.31 bits per heavy atom. The number of imidazole rings is 1. The zero-order valence-corrected chi connectivity index (χ0v) is 8.70. The van der Waals surface area contributed by atoms with Gasteiger partial charge < -0.3 is 9.88 Å². The quantitative estimate of drug-likeness (QED) is 0.466. The van der Waals surface area contributed by atoms with Crippen LogP contribution < -0.4 is 0 Å². The van der Waals surface area contributed by atoms with Crippen LogP contribution in [0.2, 0.25) is 0 Å². The molecule has 1 N–H and O–H groups in total. The zero-order valence-electron chi connectivity index (χ0n) is 8.70. The van der Waals surface area contributed by atoms with Gasteiger partial charge in [-0.1, -0.05) is 5.11 Å². The second-order valence-electron chi connectivity index (χ2n) is 3.79. The van der Waals surface area contributed by atoms with Crippen molar-refractivity contribution in [3.05, 3.63) is 28.7 Å². The number of hydrogen-bond donors (Lipinski definition) is 1. The molecule has 1 aromatic rings. The molecule has 0 radical (unpaired) electrons. The first-order chi connectivity index (χ1) is 7.79. The van der Waals surface area contributed by atoms with Gasteiger partial charge in [-0.05, 0) is 11.4 Å². The summed E-state index contributed by atoms with van der Waals surface area (Å²) < 4.78 is 0. The molecule has 0 aromatic carbocycles. The van der Waals surface area contributed by atoms with Crippen LogP contribution in [0.25, 0.3) is 10.4 Å². The minimum absolute atomic E-state index is 0.0922. The summed E-state index contributed by atoms with van der Waals surface area (Å²) in [7, 11) is 0. The van der Waals surface area contributed by atoms with E-state index in [1.165, 1.54) is 0 Å². The number of nitrogens with zero attached hydrogens (tertiary/aromatic N) is 5. The van der Waals surface area contributed by atoms with Crippen LogP contribution in [0.15, 0.2) is 17.5 Å². The molecule has 1 amide bonds. The van der Waals surface area contributed by atoms with Crippen LogP contribution in [0.1, 0.15) is 12.2 Å². The van der Waals surface area contributed by atoms with E-state index in [9.17, 15) is 4.79 Å². The van der Waals surface area contributed by atoms with Crippen molar-refractivity contribution >= 4 is 5.91 Å². The molecule has 7 nitrogen and oxygen atoms in total. The molecular weight excluding hydrogens is 208 g/mol. The molecule has 1 aliphatic rings. The highest BCUT2D eigenvalue weighted by atomic mass is 16.2. The van der Waals surface area contributed by atoms with Gasteiger partial charge in [0.2, 0.25) is 5.91 Å². The fourth-order valence-corrected chi connectivity index (χ4v) is 1.85. The summed E-state index contributed by atoms with van der Waals surface area (Å²) >= 11 is 0. The maximum Gasteiger partial charge on any atom is 0.223 e. The number of aromatic nitrogens is 2. The Balaban J connectivity index is 1.92. The van der Waals surface area contributed by atoms with Crippen LogP contribution in [-0.4, -0.2) is 33.9 Å². The van der Waals surface area contributed by atoms with Gasteiger partial charge in [0.25, 0.3) is 0 Å². The molecule has 2 rings (SSSR count). The van der Waals surface area contributed by atoms with Gasteiger partial charge in [0.05, 0.1) is 6.54 Å². The summed E-state index contributed by atoms with van der Waals surface area (Å²) in [5.41, 5.74) is 8.21. The highest BCUT2D eigenvalue weighted by molar-refractivity contribution is 5.78. The summed E-state index contributed by atoms with van der Waals surface area (Å²) in [6.07, 6.45) is 3.85. The van der Waals surface area contributed by atoms with Crippen molar-refractivity contribution in [3.8, 4) is 0 Å². The Hall–Kier alpha value is -2.01. The molecule has 1 aliphatic heterocycles. The van der Waals surface area contributed by atoms with Gasteiger partial charge >= 0.3 is 0 Å². The van der Waals surface area contributed by atoms with Crippen LogP contribution in [0.3, 0.4) is 0 Å². The largest absolute Gasteiger partial charge is 0.347 e. The molecule has 0 aliphatic carbocycles. The Kier molecular flexibility index (Phi) is 3.07. The summed E-state index contributed by atoms with van der Waals surface area (Å²) in [5.74, 6) is 1.01. The highest BCUT2D eigenvalue weighted by Crippen LogP contribution is 2.19. The standard InChI is InChI=1S/C9H12N6O/c10-14-13-4-7-3-9(16)15(5-7)6-8-11-1-2-12-8/h1-2,7H,3-6H2,(H,11,12). The summed E-state index contributed by atoms with van der Waals surface area (Å²) in [4.78, 5) is 23.1. The smallest absolute Gasteiger partial charge is 0.223 e. The number of nitrogens with one attached hydrogen (secondary N) is 1. The van der Waals surface area contributed by atoms with E-state index in [0.717, 1.165) is 5.82 Å². The Morgan fingerprint density at radius 1 is 1.75 bits per heavy atom. The van der Waals surface area contributed by atoms with Crippen LogP contribution in [0.4, 0.5) is 0 Å². The molecule has 1 fully saturated rings. The van der Waals surface area contributed by atoms with Gasteiger partial charge in [0, 0.05) is 36.8 Å². The molecule has 1 saturated heterocycles. The minimum Gasteiger partial charge on any atom is -0.347 e. The summed E-state index contributed by atoms with van der Waals surface area (Å²) in [5, 5.41) is 3.50. The topological polar surface area (TPSA) is 97.8 Å².